The molecule has 0 aliphatic carbocycles. The second-order valence-electron chi connectivity index (χ2n) is 4.88. The van der Waals surface area contributed by atoms with Gasteiger partial charge in [0.05, 0.1) is 0 Å². The number of rotatable bonds is 3. The molecule has 0 saturated carbocycles. The predicted octanol–water partition coefficient (Wildman–Crippen LogP) is -0.119. The fourth-order valence-corrected chi connectivity index (χ4v) is 2.69. The van der Waals surface area contributed by atoms with E-state index in [4.69, 9.17) is 5.11 Å². The highest BCUT2D eigenvalue weighted by Crippen LogP contribution is 2.24. The predicted molar refractivity (Wildman–Crippen MR) is 62.9 cm³/mol. The molecule has 0 bridgehead atoms. The molecule has 7 heteroatoms. The summed E-state index contributed by atoms with van der Waals surface area (Å²) in [5.74, 6) is -1.11. The van der Waals surface area contributed by atoms with Gasteiger partial charge in [-0.05, 0) is 26.3 Å². The lowest BCUT2D eigenvalue weighted by Gasteiger charge is -2.41. The molecule has 0 aromatic heterocycles. The van der Waals surface area contributed by atoms with Gasteiger partial charge in [-0.2, -0.15) is 0 Å². The monoisotopic (exact) mass is 257 g/mol. The first-order valence-electron chi connectivity index (χ1n) is 6.22. The van der Waals surface area contributed by atoms with Gasteiger partial charge in [-0.1, -0.05) is 0 Å². The Labute approximate surface area is 106 Å². The van der Waals surface area contributed by atoms with Gasteiger partial charge >= 0.3 is 12.0 Å². The Hall–Kier alpha value is -1.34. The number of hydrogen-bond acceptors (Lipinski definition) is 4. The smallest absolute Gasteiger partial charge is 0.341 e. The van der Waals surface area contributed by atoms with Crippen molar-refractivity contribution >= 4 is 12.0 Å². The summed E-state index contributed by atoms with van der Waals surface area (Å²) in [6.07, 6.45) is 2.30. The second kappa shape index (κ2) is 5.53. The maximum atomic E-state index is 11.9. The van der Waals surface area contributed by atoms with Crippen molar-refractivity contribution in [3.63, 3.8) is 0 Å². The van der Waals surface area contributed by atoms with Gasteiger partial charge in [-0.3, -0.25) is 9.74 Å². The maximum Gasteiger partial charge on any atom is 0.341 e. The lowest BCUT2D eigenvalue weighted by Crippen LogP contribution is -2.58. The summed E-state index contributed by atoms with van der Waals surface area (Å²) >= 11 is 0. The van der Waals surface area contributed by atoms with Crippen molar-refractivity contribution in [3.05, 3.63) is 0 Å². The Kier molecular flexibility index (Phi) is 4.03. The molecule has 2 unspecified atom stereocenters. The van der Waals surface area contributed by atoms with E-state index in [1.807, 2.05) is 6.92 Å². The average molecular weight is 257 g/mol. The standard InChI is InChI=1S/C11H19N3O4/c1-8-5-13-4-2-3-9(13)6-14(8)11(17)12-18-7-10(15)16/h8-9H,2-7H2,1H3,(H,12,17)(H,15,16). The number of urea groups is 1. The van der Waals surface area contributed by atoms with Crippen LogP contribution in [0.15, 0.2) is 0 Å². The highest BCUT2D eigenvalue weighted by atomic mass is 16.7. The first-order chi connectivity index (χ1) is 8.58. The Morgan fingerprint density at radius 2 is 2.22 bits per heavy atom. The zero-order chi connectivity index (χ0) is 13.1. The zero-order valence-electron chi connectivity index (χ0n) is 10.5. The summed E-state index contributed by atoms with van der Waals surface area (Å²) in [5, 5.41) is 8.42. The second-order valence-corrected chi connectivity index (χ2v) is 4.88. The van der Waals surface area contributed by atoms with Crippen molar-refractivity contribution < 1.29 is 19.5 Å². The lowest BCUT2D eigenvalue weighted by molar-refractivity contribution is -0.144. The van der Waals surface area contributed by atoms with E-state index in [2.05, 4.69) is 15.2 Å². The van der Waals surface area contributed by atoms with Crippen LogP contribution in [0.5, 0.6) is 0 Å². The van der Waals surface area contributed by atoms with Crippen molar-refractivity contribution in [1.82, 2.24) is 15.3 Å². The molecule has 2 fully saturated rings. The zero-order valence-corrected chi connectivity index (χ0v) is 10.5. The van der Waals surface area contributed by atoms with Gasteiger partial charge in [0.25, 0.3) is 0 Å². The molecule has 0 aromatic carbocycles. The summed E-state index contributed by atoms with van der Waals surface area (Å²) in [6, 6.07) is 0.203. The molecular formula is C11H19N3O4. The van der Waals surface area contributed by atoms with Gasteiger partial charge < -0.3 is 10.0 Å². The van der Waals surface area contributed by atoms with Gasteiger partial charge in [0.2, 0.25) is 0 Å². The first kappa shape index (κ1) is 13.1. The number of fused-ring (bicyclic) bond motifs is 1. The third kappa shape index (κ3) is 2.91. The van der Waals surface area contributed by atoms with E-state index in [1.165, 1.54) is 6.42 Å². The largest absolute Gasteiger partial charge is 0.479 e. The minimum atomic E-state index is -1.11. The van der Waals surface area contributed by atoms with Crippen LogP contribution in [-0.4, -0.2) is 65.2 Å². The third-order valence-corrected chi connectivity index (χ3v) is 3.55. The van der Waals surface area contributed by atoms with Crippen molar-refractivity contribution in [2.45, 2.75) is 31.8 Å². The number of hydrogen-bond donors (Lipinski definition) is 2. The Morgan fingerprint density at radius 1 is 1.44 bits per heavy atom. The molecule has 102 valence electrons. The fourth-order valence-electron chi connectivity index (χ4n) is 2.69. The SMILES string of the molecule is CC1CN2CCCC2CN1C(=O)NOCC(=O)O. The minimum absolute atomic E-state index is 0.118. The number of amides is 2. The normalized spacial score (nSPS) is 27.9. The third-order valence-electron chi connectivity index (χ3n) is 3.55. The number of carboxylic acid groups (broad SMARTS) is 1. The van der Waals surface area contributed by atoms with Crippen molar-refractivity contribution in [1.29, 1.82) is 0 Å². The van der Waals surface area contributed by atoms with Crippen LogP contribution in [0.4, 0.5) is 4.79 Å². The summed E-state index contributed by atoms with van der Waals surface area (Å²) < 4.78 is 0. The molecule has 2 amide bonds. The van der Waals surface area contributed by atoms with Gasteiger partial charge in [0, 0.05) is 25.2 Å². The number of nitrogens with one attached hydrogen (secondary N) is 1. The molecule has 2 atom stereocenters. The van der Waals surface area contributed by atoms with Crippen LogP contribution < -0.4 is 5.48 Å². The number of aliphatic carboxylic acids is 1. The Morgan fingerprint density at radius 3 is 2.94 bits per heavy atom. The van der Waals surface area contributed by atoms with E-state index in [0.717, 1.165) is 19.5 Å². The number of hydroxylamine groups is 1. The molecule has 2 N–H and O–H groups in total. The quantitative estimate of drug-likeness (QED) is 0.689. The fraction of sp³-hybridized carbons (Fsp3) is 0.818. The molecule has 18 heavy (non-hydrogen) atoms. The first-order valence-corrected chi connectivity index (χ1v) is 6.22. The molecule has 2 rings (SSSR count). The Bertz CT molecular complexity index is 336. The summed E-state index contributed by atoms with van der Waals surface area (Å²) in [6.45, 7) is 4.13. The number of carbonyl (C=O) groups is 2. The van der Waals surface area contributed by atoms with Crippen LogP contribution in [0.1, 0.15) is 19.8 Å². The van der Waals surface area contributed by atoms with Crippen molar-refractivity contribution in [2.24, 2.45) is 0 Å². The average Bonchev–Trinajstić information content (AvgIpc) is 2.74. The summed E-state index contributed by atoms with van der Waals surface area (Å²) in [5.41, 5.74) is 2.18. The van der Waals surface area contributed by atoms with E-state index < -0.39 is 12.6 Å². The van der Waals surface area contributed by atoms with Gasteiger partial charge in [-0.15, -0.1) is 0 Å². The van der Waals surface area contributed by atoms with Crippen molar-refractivity contribution in [2.75, 3.05) is 26.2 Å². The van der Waals surface area contributed by atoms with Crippen LogP contribution in [-0.2, 0) is 9.63 Å². The highest BCUT2D eigenvalue weighted by Gasteiger charge is 2.36. The molecule has 2 heterocycles. The van der Waals surface area contributed by atoms with E-state index in [1.54, 1.807) is 4.90 Å². The number of carboxylic acids is 1. The van der Waals surface area contributed by atoms with Gasteiger partial charge in [0.1, 0.15) is 0 Å². The molecule has 0 spiro atoms. The number of carbonyl (C=O) groups excluding carboxylic acids is 1. The lowest BCUT2D eigenvalue weighted by atomic mass is 10.1. The van der Waals surface area contributed by atoms with Crippen LogP contribution >= 0.6 is 0 Å². The van der Waals surface area contributed by atoms with E-state index in [0.29, 0.717) is 12.6 Å². The van der Waals surface area contributed by atoms with Gasteiger partial charge in [0.15, 0.2) is 6.61 Å². The summed E-state index contributed by atoms with van der Waals surface area (Å²) in [4.78, 5) is 30.9. The molecule has 2 aliphatic rings. The molecular weight excluding hydrogens is 238 g/mol. The number of piperazine rings is 1. The molecule has 7 nitrogen and oxygen atoms in total. The van der Waals surface area contributed by atoms with Crippen LogP contribution in [0, 0.1) is 0 Å². The van der Waals surface area contributed by atoms with E-state index in [-0.39, 0.29) is 12.1 Å². The van der Waals surface area contributed by atoms with Crippen LogP contribution in [0.25, 0.3) is 0 Å². The highest BCUT2D eigenvalue weighted by molar-refractivity contribution is 5.74. The minimum Gasteiger partial charge on any atom is -0.479 e. The maximum absolute atomic E-state index is 11.9. The molecule has 0 radical (unpaired) electrons. The molecule has 2 saturated heterocycles. The van der Waals surface area contributed by atoms with E-state index >= 15 is 0 Å². The Balaban J connectivity index is 1.83. The molecule has 2 aliphatic heterocycles. The molecule has 0 aromatic rings. The van der Waals surface area contributed by atoms with E-state index in [9.17, 15) is 9.59 Å². The van der Waals surface area contributed by atoms with Crippen LogP contribution in [0.2, 0.25) is 0 Å². The van der Waals surface area contributed by atoms with Crippen molar-refractivity contribution in [3.8, 4) is 0 Å². The topological polar surface area (TPSA) is 82.1 Å². The van der Waals surface area contributed by atoms with Crippen LogP contribution in [0.3, 0.4) is 0 Å². The number of nitrogens with zero attached hydrogens (tertiary/aromatic N) is 2. The van der Waals surface area contributed by atoms with Gasteiger partial charge in [-0.25, -0.2) is 15.1 Å². The summed E-state index contributed by atoms with van der Waals surface area (Å²) in [7, 11) is 0.